The molecule has 0 amide bonds. The Hall–Kier alpha value is -1.06. The van der Waals surface area contributed by atoms with Crippen molar-refractivity contribution in [2.45, 2.75) is 33.1 Å². The van der Waals surface area contributed by atoms with Gasteiger partial charge in [0.2, 0.25) is 0 Å². The number of hydrogen-bond acceptors (Lipinski definition) is 2. The third-order valence-electron chi connectivity index (χ3n) is 3.24. The minimum atomic E-state index is -1.58. The molecule has 0 unspecified atom stereocenters. The molecule has 2 N–H and O–H groups in total. The average molecular weight is 186 g/mol. The number of carboxylic acid groups (broad SMARTS) is 2. The molecule has 1 aliphatic rings. The summed E-state index contributed by atoms with van der Waals surface area (Å²) >= 11 is 0. The van der Waals surface area contributed by atoms with Crippen molar-refractivity contribution in [3.63, 3.8) is 0 Å². The normalized spacial score (nSPS) is 24.2. The fourth-order valence-electron chi connectivity index (χ4n) is 2.23. The van der Waals surface area contributed by atoms with Gasteiger partial charge in [0.25, 0.3) is 0 Å². The summed E-state index contributed by atoms with van der Waals surface area (Å²) in [6.45, 7) is 3.42. The quantitative estimate of drug-likeness (QED) is 0.638. The second kappa shape index (κ2) is 2.72. The minimum Gasteiger partial charge on any atom is -0.480 e. The van der Waals surface area contributed by atoms with Crippen LogP contribution in [0.15, 0.2) is 0 Å². The minimum absolute atomic E-state index is 0.241. The van der Waals surface area contributed by atoms with Gasteiger partial charge in [0, 0.05) is 0 Å². The molecule has 0 aromatic rings. The molecule has 1 rings (SSSR count). The zero-order valence-electron chi connectivity index (χ0n) is 7.83. The Morgan fingerprint density at radius 3 is 1.69 bits per heavy atom. The highest BCUT2D eigenvalue weighted by molar-refractivity contribution is 5.99. The maximum atomic E-state index is 11.0. The molecule has 13 heavy (non-hydrogen) atoms. The molecule has 0 radical (unpaired) electrons. The third kappa shape index (κ3) is 1.12. The lowest BCUT2D eigenvalue weighted by molar-refractivity contribution is -0.171. The first-order chi connectivity index (χ1) is 5.84. The smallest absolute Gasteiger partial charge is 0.321 e. The number of rotatable bonds is 2. The van der Waals surface area contributed by atoms with Gasteiger partial charge in [0.05, 0.1) is 0 Å². The Morgan fingerprint density at radius 1 is 1.08 bits per heavy atom. The van der Waals surface area contributed by atoms with Gasteiger partial charge in [-0.25, -0.2) is 0 Å². The highest BCUT2D eigenvalue weighted by atomic mass is 16.4. The van der Waals surface area contributed by atoms with Gasteiger partial charge >= 0.3 is 11.9 Å². The van der Waals surface area contributed by atoms with E-state index in [0.717, 1.165) is 0 Å². The van der Waals surface area contributed by atoms with Gasteiger partial charge in [-0.05, 0) is 18.3 Å². The van der Waals surface area contributed by atoms with Crippen molar-refractivity contribution in [3.05, 3.63) is 0 Å². The van der Waals surface area contributed by atoms with E-state index in [1.807, 2.05) is 0 Å². The Bertz CT molecular complexity index is 240. The number of carboxylic acids is 2. The zero-order chi connectivity index (χ0) is 10.3. The third-order valence-corrected chi connectivity index (χ3v) is 3.24. The van der Waals surface area contributed by atoms with Gasteiger partial charge in [-0.3, -0.25) is 9.59 Å². The molecule has 1 fully saturated rings. The molecule has 0 heterocycles. The molecule has 4 nitrogen and oxygen atoms in total. The van der Waals surface area contributed by atoms with E-state index in [2.05, 4.69) is 0 Å². The number of carbonyl (C=O) groups is 2. The fourth-order valence-corrected chi connectivity index (χ4v) is 2.23. The molecular formula is C9H14O4. The first kappa shape index (κ1) is 10.0. The predicted molar refractivity (Wildman–Crippen MR) is 45.3 cm³/mol. The van der Waals surface area contributed by atoms with Crippen molar-refractivity contribution in [1.29, 1.82) is 0 Å². The van der Waals surface area contributed by atoms with E-state index < -0.39 is 22.8 Å². The maximum absolute atomic E-state index is 11.0. The molecule has 0 atom stereocenters. The largest absolute Gasteiger partial charge is 0.480 e. The summed E-state index contributed by atoms with van der Waals surface area (Å²) < 4.78 is 0. The van der Waals surface area contributed by atoms with Crippen LogP contribution in [0.2, 0.25) is 0 Å². The SMILES string of the molecule is CC1(C)CCCC1(C(=O)O)C(=O)O. The topological polar surface area (TPSA) is 74.6 Å². The van der Waals surface area contributed by atoms with Crippen LogP contribution in [0, 0.1) is 10.8 Å². The van der Waals surface area contributed by atoms with Crippen molar-refractivity contribution in [2.75, 3.05) is 0 Å². The highest BCUT2D eigenvalue weighted by Crippen LogP contribution is 2.52. The van der Waals surface area contributed by atoms with Crippen LogP contribution in [0.3, 0.4) is 0 Å². The van der Waals surface area contributed by atoms with E-state index in [1.54, 1.807) is 13.8 Å². The van der Waals surface area contributed by atoms with Crippen LogP contribution in [-0.4, -0.2) is 22.2 Å². The Kier molecular flexibility index (Phi) is 2.10. The van der Waals surface area contributed by atoms with Crippen LogP contribution >= 0.6 is 0 Å². The molecule has 0 aromatic heterocycles. The van der Waals surface area contributed by atoms with E-state index >= 15 is 0 Å². The predicted octanol–water partition coefficient (Wildman–Crippen LogP) is 1.35. The summed E-state index contributed by atoms with van der Waals surface area (Å²) in [6.07, 6.45) is 1.57. The van der Waals surface area contributed by atoms with Crippen molar-refractivity contribution in [2.24, 2.45) is 10.8 Å². The van der Waals surface area contributed by atoms with E-state index in [-0.39, 0.29) is 6.42 Å². The van der Waals surface area contributed by atoms with Crippen molar-refractivity contribution in [1.82, 2.24) is 0 Å². The number of hydrogen-bond donors (Lipinski definition) is 2. The molecule has 0 aromatic carbocycles. The monoisotopic (exact) mass is 186 g/mol. The Morgan fingerprint density at radius 2 is 1.54 bits per heavy atom. The van der Waals surface area contributed by atoms with Gasteiger partial charge < -0.3 is 10.2 Å². The van der Waals surface area contributed by atoms with Crippen LogP contribution < -0.4 is 0 Å². The lowest BCUT2D eigenvalue weighted by Gasteiger charge is -2.33. The molecule has 1 aliphatic carbocycles. The second-order valence-corrected chi connectivity index (χ2v) is 4.25. The van der Waals surface area contributed by atoms with Crippen LogP contribution in [-0.2, 0) is 9.59 Å². The van der Waals surface area contributed by atoms with Gasteiger partial charge in [-0.1, -0.05) is 20.3 Å². The highest BCUT2D eigenvalue weighted by Gasteiger charge is 2.60. The average Bonchev–Trinajstić information content (AvgIpc) is 2.25. The first-order valence-electron chi connectivity index (χ1n) is 4.31. The van der Waals surface area contributed by atoms with E-state index in [4.69, 9.17) is 10.2 Å². The fraction of sp³-hybridized carbons (Fsp3) is 0.778. The Labute approximate surface area is 76.6 Å². The molecule has 4 heteroatoms. The molecule has 1 saturated carbocycles. The van der Waals surface area contributed by atoms with E-state index in [1.165, 1.54) is 0 Å². The van der Waals surface area contributed by atoms with Crippen LogP contribution in [0.5, 0.6) is 0 Å². The molecule has 0 saturated heterocycles. The van der Waals surface area contributed by atoms with Crippen molar-refractivity contribution >= 4 is 11.9 Å². The summed E-state index contributed by atoms with van der Waals surface area (Å²) in [6, 6.07) is 0. The zero-order valence-corrected chi connectivity index (χ0v) is 7.83. The van der Waals surface area contributed by atoms with Gasteiger partial charge in [-0.15, -0.1) is 0 Å². The first-order valence-corrected chi connectivity index (χ1v) is 4.31. The maximum Gasteiger partial charge on any atom is 0.321 e. The number of aliphatic carboxylic acids is 2. The lowest BCUT2D eigenvalue weighted by atomic mass is 9.68. The van der Waals surface area contributed by atoms with Gasteiger partial charge in [-0.2, -0.15) is 0 Å². The lowest BCUT2D eigenvalue weighted by Crippen LogP contribution is -2.47. The molecule has 0 bridgehead atoms. The van der Waals surface area contributed by atoms with Crippen molar-refractivity contribution in [3.8, 4) is 0 Å². The van der Waals surface area contributed by atoms with E-state index in [9.17, 15) is 9.59 Å². The molecular weight excluding hydrogens is 172 g/mol. The molecule has 0 spiro atoms. The molecule has 0 aliphatic heterocycles. The Balaban J connectivity index is 3.19. The van der Waals surface area contributed by atoms with Crippen LogP contribution in [0.4, 0.5) is 0 Å². The standard InChI is InChI=1S/C9H14O4/c1-8(2)4-3-5-9(8,6(10)11)7(12)13/h3-5H2,1-2H3,(H,10,11)(H,12,13). The summed E-state index contributed by atoms with van der Waals surface area (Å²) in [5, 5.41) is 18.0. The van der Waals surface area contributed by atoms with Crippen LogP contribution in [0.1, 0.15) is 33.1 Å². The summed E-state index contributed by atoms with van der Waals surface area (Å²) in [5.74, 6) is -2.41. The second-order valence-electron chi connectivity index (χ2n) is 4.25. The van der Waals surface area contributed by atoms with Gasteiger partial charge in [0.1, 0.15) is 0 Å². The molecule has 74 valence electrons. The van der Waals surface area contributed by atoms with Crippen molar-refractivity contribution < 1.29 is 19.8 Å². The van der Waals surface area contributed by atoms with Gasteiger partial charge in [0.15, 0.2) is 5.41 Å². The van der Waals surface area contributed by atoms with E-state index in [0.29, 0.717) is 12.8 Å². The summed E-state index contributed by atoms with van der Waals surface area (Å²) in [4.78, 5) is 22.0. The van der Waals surface area contributed by atoms with Crippen LogP contribution in [0.25, 0.3) is 0 Å². The summed E-state index contributed by atoms with van der Waals surface area (Å²) in [5.41, 5.74) is -2.22. The summed E-state index contributed by atoms with van der Waals surface area (Å²) in [7, 11) is 0.